The number of likely N-dealkylation sites (N-methyl/N-ethyl adjacent to an activating group) is 1. The van der Waals surface area contributed by atoms with Crippen LogP contribution in [0.1, 0.15) is 30.9 Å². The summed E-state index contributed by atoms with van der Waals surface area (Å²) in [7, 11) is 1.64. The Bertz CT molecular complexity index is 475. The van der Waals surface area contributed by atoms with Gasteiger partial charge in [0.2, 0.25) is 5.91 Å². The highest BCUT2D eigenvalue weighted by Gasteiger charge is 2.07. The van der Waals surface area contributed by atoms with Gasteiger partial charge < -0.3 is 10.0 Å². The van der Waals surface area contributed by atoms with Gasteiger partial charge in [-0.05, 0) is 17.0 Å². The van der Waals surface area contributed by atoms with Crippen LogP contribution in [0.3, 0.4) is 0 Å². The summed E-state index contributed by atoms with van der Waals surface area (Å²) in [4.78, 5) is 23.4. The molecule has 0 aliphatic carbocycles. The lowest BCUT2D eigenvalue weighted by Crippen LogP contribution is -2.24. The van der Waals surface area contributed by atoms with Gasteiger partial charge >= 0.3 is 5.97 Å². The molecule has 0 aromatic heterocycles. The quantitative estimate of drug-likeness (QED) is 0.828. The maximum atomic E-state index is 11.6. The minimum atomic E-state index is -1.12. The first-order valence-electron chi connectivity index (χ1n) is 6.15. The lowest BCUT2D eigenvalue weighted by atomic mass is 10.0. The molecule has 0 unspecified atom stereocenters. The number of rotatable bonds is 5. The Labute approximate surface area is 113 Å². The minimum absolute atomic E-state index is 0.324. The number of amides is 1. The smallest absolute Gasteiger partial charge is 0.328 e. The predicted molar refractivity (Wildman–Crippen MR) is 73.8 cm³/mol. The summed E-state index contributed by atoms with van der Waals surface area (Å²) in [6.07, 6.45) is 1.91. The normalized spacial score (nSPS) is 10.9. The van der Waals surface area contributed by atoms with Crippen LogP contribution in [0.25, 0.3) is 0 Å². The second kappa shape index (κ2) is 6.73. The van der Waals surface area contributed by atoms with Crippen LogP contribution in [0, 0.1) is 0 Å². The van der Waals surface area contributed by atoms with Crippen molar-refractivity contribution in [2.45, 2.75) is 26.3 Å². The number of carboxylic acids is 1. The molecule has 0 aliphatic heterocycles. The van der Waals surface area contributed by atoms with E-state index in [0.29, 0.717) is 12.5 Å². The van der Waals surface area contributed by atoms with Gasteiger partial charge in [0.1, 0.15) is 0 Å². The molecule has 0 bridgehead atoms. The van der Waals surface area contributed by atoms with Crippen LogP contribution >= 0.6 is 0 Å². The van der Waals surface area contributed by atoms with Gasteiger partial charge in [-0.25, -0.2) is 4.79 Å². The van der Waals surface area contributed by atoms with Gasteiger partial charge in [-0.3, -0.25) is 4.79 Å². The van der Waals surface area contributed by atoms with Crippen molar-refractivity contribution in [2.24, 2.45) is 0 Å². The molecule has 1 N–H and O–H groups in total. The fraction of sp³-hybridized carbons (Fsp3) is 0.333. The topological polar surface area (TPSA) is 57.6 Å². The third-order valence-corrected chi connectivity index (χ3v) is 2.81. The molecule has 0 radical (unpaired) electrons. The van der Waals surface area contributed by atoms with Gasteiger partial charge in [0.05, 0.1) is 0 Å². The molecule has 0 saturated heterocycles. The molecule has 0 atom stereocenters. The van der Waals surface area contributed by atoms with Crippen LogP contribution in [-0.4, -0.2) is 28.9 Å². The number of carboxylic acid groups (broad SMARTS) is 1. The minimum Gasteiger partial charge on any atom is -0.478 e. The SMILES string of the molecule is CC(C)c1ccc(CN(C)C(=O)/C=C/C(=O)O)cc1. The summed E-state index contributed by atoms with van der Waals surface area (Å²) in [6.45, 7) is 4.71. The van der Waals surface area contributed by atoms with E-state index >= 15 is 0 Å². The van der Waals surface area contributed by atoms with E-state index < -0.39 is 5.97 Å². The third kappa shape index (κ3) is 4.95. The summed E-state index contributed by atoms with van der Waals surface area (Å²) < 4.78 is 0. The summed E-state index contributed by atoms with van der Waals surface area (Å²) in [5, 5.41) is 8.46. The van der Waals surface area contributed by atoms with Crippen LogP contribution in [0.4, 0.5) is 0 Å². The average molecular weight is 261 g/mol. The van der Waals surface area contributed by atoms with Crippen LogP contribution in [-0.2, 0) is 16.1 Å². The van der Waals surface area contributed by atoms with E-state index in [4.69, 9.17) is 5.11 Å². The number of hydrogen-bond acceptors (Lipinski definition) is 2. The monoisotopic (exact) mass is 261 g/mol. The number of carbonyl (C=O) groups excluding carboxylic acids is 1. The summed E-state index contributed by atoms with van der Waals surface area (Å²) >= 11 is 0. The molecule has 4 heteroatoms. The van der Waals surface area contributed by atoms with Crippen molar-refractivity contribution in [3.05, 3.63) is 47.5 Å². The first kappa shape index (κ1) is 15.0. The van der Waals surface area contributed by atoms with E-state index in [1.54, 1.807) is 7.05 Å². The third-order valence-electron chi connectivity index (χ3n) is 2.81. The van der Waals surface area contributed by atoms with Gasteiger partial charge in [-0.1, -0.05) is 38.1 Å². The molecule has 1 aromatic rings. The Morgan fingerprint density at radius 2 is 1.79 bits per heavy atom. The van der Waals surface area contributed by atoms with Crippen LogP contribution in [0.2, 0.25) is 0 Å². The molecule has 0 heterocycles. The van der Waals surface area contributed by atoms with E-state index in [1.807, 2.05) is 24.3 Å². The second-order valence-electron chi connectivity index (χ2n) is 4.76. The molecule has 19 heavy (non-hydrogen) atoms. The average Bonchev–Trinajstić information content (AvgIpc) is 2.36. The molecular weight excluding hydrogens is 242 g/mol. The van der Waals surface area contributed by atoms with Gasteiger partial charge in [-0.15, -0.1) is 0 Å². The number of carbonyl (C=O) groups is 2. The number of benzene rings is 1. The summed E-state index contributed by atoms with van der Waals surface area (Å²) in [5.41, 5.74) is 2.27. The number of aliphatic carboxylic acids is 1. The van der Waals surface area contributed by atoms with Crippen molar-refractivity contribution in [1.29, 1.82) is 0 Å². The fourth-order valence-electron chi connectivity index (χ4n) is 1.63. The maximum absolute atomic E-state index is 11.6. The molecule has 0 fully saturated rings. The van der Waals surface area contributed by atoms with Gasteiger partial charge in [0.25, 0.3) is 0 Å². The van der Waals surface area contributed by atoms with Crippen molar-refractivity contribution in [3.63, 3.8) is 0 Å². The molecule has 0 spiro atoms. The molecule has 0 saturated carbocycles. The maximum Gasteiger partial charge on any atom is 0.328 e. The second-order valence-corrected chi connectivity index (χ2v) is 4.76. The van der Waals surface area contributed by atoms with Crippen molar-refractivity contribution in [2.75, 3.05) is 7.05 Å². The highest BCUT2D eigenvalue weighted by atomic mass is 16.4. The van der Waals surface area contributed by atoms with Crippen molar-refractivity contribution >= 4 is 11.9 Å². The molecule has 102 valence electrons. The van der Waals surface area contributed by atoms with E-state index in [0.717, 1.165) is 17.7 Å². The van der Waals surface area contributed by atoms with E-state index in [2.05, 4.69) is 13.8 Å². The Balaban J connectivity index is 2.63. The lowest BCUT2D eigenvalue weighted by molar-refractivity contribution is -0.132. The first-order chi connectivity index (χ1) is 8.90. The van der Waals surface area contributed by atoms with Crippen molar-refractivity contribution in [3.8, 4) is 0 Å². The number of nitrogens with zero attached hydrogens (tertiary/aromatic N) is 1. The predicted octanol–water partition coefficient (Wildman–Crippen LogP) is 2.41. The van der Waals surface area contributed by atoms with E-state index in [1.165, 1.54) is 10.5 Å². The van der Waals surface area contributed by atoms with Crippen LogP contribution in [0.5, 0.6) is 0 Å². The Hall–Kier alpha value is -2.10. The van der Waals surface area contributed by atoms with Crippen molar-refractivity contribution in [1.82, 2.24) is 4.90 Å². The Morgan fingerprint density at radius 1 is 1.21 bits per heavy atom. The zero-order chi connectivity index (χ0) is 14.4. The highest BCUT2D eigenvalue weighted by Crippen LogP contribution is 2.15. The molecule has 1 amide bonds. The Morgan fingerprint density at radius 3 is 2.26 bits per heavy atom. The standard InChI is InChI=1S/C15H19NO3/c1-11(2)13-6-4-12(5-7-13)10-16(3)14(17)8-9-15(18)19/h4-9,11H,10H2,1-3H3,(H,18,19)/b9-8+. The van der Waals surface area contributed by atoms with Crippen LogP contribution < -0.4 is 0 Å². The van der Waals surface area contributed by atoms with Crippen LogP contribution in [0.15, 0.2) is 36.4 Å². The zero-order valence-electron chi connectivity index (χ0n) is 11.5. The summed E-state index contributed by atoms with van der Waals surface area (Å²) in [5.74, 6) is -0.967. The molecule has 4 nitrogen and oxygen atoms in total. The van der Waals surface area contributed by atoms with Gasteiger partial charge in [0.15, 0.2) is 0 Å². The van der Waals surface area contributed by atoms with Gasteiger partial charge in [-0.2, -0.15) is 0 Å². The van der Waals surface area contributed by atoms with Gasteiger partial charge in [0, 0.05) is 25.7 Å². The summed E-state index contributed by atoms with van der Waals surface area (Å²) in [6, 6.07) is 8.07. The molecule has 0 aliphatic rings. The van der Waals surface area contributed by atoms with E-state index in [9.17, 15) is 9.59 Å². The first-order valence-corrected chi connectivity index (χ1v) is 6.15. The molecule has 1 rings (SSSR count). The van der Waals surface area contributed by atoms with Crippen molar-refractivity contribution < 1.29 is 14.7 Å². The molecule has 1 aromatic carbocycles. The van der Waals surface area contributed by atoms with E-state index in [-0.39, 0.29) is 5.91 Å². The number of hydrogen-bond donors (Lipinski definition) is 1. The zero-order valence-corrected chi connectivity index (χ0v) is 11.5. The Kier molecular flexibility index (Phi) is 5.30. The fourth-order valence-corrected chi connectivity index (χ4v) is 1.63. The largest absolute Gasteiger partial charge is 0.478 e. The lowest BCUT2D eigenvalue weighted by Gasteiger charge is -2.15. The molecular formula is C15H19NO3. The highest BCUT2D eigenvalue weighted by molar-refractivity contribution is 5.93.